The number of fused-ring (bicyclic) bond motifs is 1. The number of aryl methyl sites for hydroxylation is 2. The Labute approximate surface area is 178 Å². The molecule has 8 nitrogen and oxygen atoms in total. The van der Waals surface area contributed by atoms with Crippen LogP contribution in [0.2, 0.25) is 0 Å². The van der Waals surface area contributed by atoms with Gasteiger partial charge in [0.25, 0.3) is 0 Å². The summed E-state index contributed by atoms with van der Waals surface area (Å²) in [4.78, 5) is 21.5. The van der Waals surface area contributed by atoms with Crippen molar-refractivity contribution in [3.05, 3.63) is 60.0 Å². The molecule has 1 saturated carbocycles. The molecule has 0 radical (unpaired) electrons. The number of carbonyl (C=O) groups is 1. The molecule has 0 spiro atoms. The van der Waals surface area contributed by atoms with Gasteiger partial charge in [-0.2, -0.15) is 5.10 Å². The minimum absolute atomic E-state index is 0.0493. The number of nitrogens with two attached hydrogens (primary N) is 1. The van der Waals surface area contributed by atoms with Gasteiger partial charge in [0.2, 0.25) is 5.91 Å². The molecule has 31 heavy (non-hydrogen) atoms. The second kappa shape index (κ2) is 7.09. The Balaban J connectivity index is 1.42. The third-order valence-electron chi connectivity index (χ3n) is 5.77. The molecule has 3 aromatic heterocycles. The van der Waals surface area contributed by atoms with E-state index in [1.54, 1.807) is 29.1 Å². The second-order valence-electron chi connectivity index (χ2n) is 8.07. The molecule has 0 saturated heterocycles. The number of aromatic hydroxyl groups is 1. The summed E-state index contributed by atoms with van der Waals surface area (Å²) in [5, 5.41) is 18.5. The van der Waals surface area contributed by atoms with Crippen LogP contribution in [0.1, 0.15) is 23.5 Å². The number of hydrogen-bond acceptors (Lipinski definition) is 6. The number of aromatic nitrogens is 4. The van der Waals surface area contributed by atoms with Gasteiger partial charge in [-0.25, -0.2) is 9.97 Å². The first-order chi connectivity index (χ1) is 14.9. The normalized spacial score (nSPS) is 17.6. The quantitative estimate of drug-likeness (QED) is 0.471. The number of benzene rings is 1. The van der Waals surface area contributed by atoms with Crippen molar-refractivity contribution in [3.63, 3.8) is 0 Å². The zero-order chi connectivity index (χ0) is 21.7. The van der Waals surface area contributed by atoms with E-state index in [1.165, 1.54) is 0 Å². The van der Waals surface area contributed by atoms with Crippen molar-refractivity contribution in [2.45, 2.75) is 19.3 Å². The first-order valence-electron chi connectivity index (χ1n) is 10.0. The number of nitrogens with one attached hydrogen (secondary N) is 1. The molecule has 4 N–H and O–H groups in total. The van der Waals surface area contributed by atoms with Crippen molar-refractivity contribution in [2.24, 2.45) is 13.0 Å². The molecule has 1 aliphatic carbocycles. The first-order valence-corrected chi connectivity index (χ1v) is 10.0. The zero-order valence-corrected chi connectivity index (χ0v) is 17.2. The Hall–Kier alpha value is -3.94. The topological polar surface area (TPSA) is 119 Å². The number of anilines is 2. The van der Waals surface area contributed by atoms with Crippen LogP contribution in [0.5, 0.6) is 5.75 Å². The number of phenols is 1. The molecule has 2 atom stereocenters. The summed E-state index contributed by atoms with van der Waals surface area (Å²) in [5.41, 5.74) is 9.68. The van der Waals surface area contributed by atoms with Crippen LogP contribution in [-0.2, 0) is 11.8 Å². The van der Waals surface area contributed by atoms with Crippen LogP contribution in [0.25, 0.3) is 22.0 Å². The lowest BCUT2D eigenvalue weighted by Gasteiger charge is -2.11. The highest BCUT2D eigenvalue weighted by molar-refractivity contribution is 5.98. The minimum Gasteiger partial charge on any atom is -0.508 e. The Bertz CT molecular complexity index is 1330. The lowest BCUT2D eigenvalue weighted by molar-refractivity contribution is -0.117. The number of pyridine rings is 2. The highest BCUT2D eigenvalue weighted by Gasteiger charge is 2.44. The van der Waals surface area contributed by atoms with E-state index in [0.717, 1.165) is 28.5 Å². The van der Waals surface area contributed by atoms with E-state index in [-0.39, 0.29) is 23.5 Å². The third kappa shape index (κ3) is 3.56. The largest absolute Gasteiger partial charge is 0.508 e. The maximum Gasteiger partial charge on any atom is 0.229 e. The zero-order valence-electron chi connectivity index (χ0n) is 17.2. The van der Waals surface area contributed by atoms with Gasteiger partial charge in [0, 0.05) is 36.3 Å². The Morgan fingerprint density at radius 1 is 1.26 bits per heavy atom. The lowest BCUT2D eigenvalue weighted by Crippen LogP contribution is -2.15. The van der Waals surface area contributed by atoms with Crippen LogP contribution in [0.3, 0.4) is 0 Å². The molecule has 0 bridgehead atoms. The fourth-order valence-electron chi connectivity index (χ4n) is 3.97. The van der Waals surface area contributed by atoms with Gasteiger partial charge in [-0.1, -0.05) is 6.07 Å². The first kappa shape index (κ1) is 19.0. The summed E-state index contributed by atoms with van der Waals surface area (Å²) in [6.07, 6.45) is 6.20. The Morgan fingerprint density at radius 3 is 2.87 bits per heavy atom. The van der Waals surface area contributed by atoms with Crippen LogP contribution in [0.4, 0.5) is 11.6 Å². The van der Waals surface area contributed by atoms with Crippen molar-refractivity contribution >= 4 is 28.3 Å². The molecule has 1 aromatic carbocycles. The van der Waals surface area contributed by atoms with Gasteiger partial charge >= 0.3 is 0 Å². The standard InChI is InChI=1S/C23H22N6O2/c1-12-3-4-15(30)7-16(12)20-5-13-6-21(25-10-19(13)22(24)27-20)28-23(31)18-8-17(18)14-9-26-29(2)11-14/h3-7,9-11,17-18,30H,8H2,1-2H3,(H2,24,27)(H,25,28,31). The van der Waals surface area contributed by atoms with Crippen LogP contribution in [0, 0.1) is 12.8 Å². The number of phenolic OH excluding ortho intramolecular Hbond substituents is 1. The van der Waals surface area contributed by atoms with E-state index in [0.29, 0.717) is 22.7 Å². The van der Waals surface area contributed by atoms with Crippen molar-refractivity contribution in [3.8, 4) is 17.0 Å². The molecular formula is C23H22N6O2. The molecule has 5 rings (SSSR count). The minimum atomic E-state index is -0.0743. The summed E-state index contributed by atoms with van der Waals surface area (Å²) in [5.74, 6) is 1.06. The van der Waals surface area contributed by atoms with E-state index in [1.807, 2.05) is 38.5 Å². The van der Waals surface area contributed by atoms with Crippen molar-refractivity contribution in [1.82, 2.24) is 19.7 Å². The van der Waals surface area contributed by atoms with Gasteiger partial charge in [-0.15, -0.1) is 0 Å². The average molecular weight is 414 g/mol. The number of hydrogen-bond donors (Lipinski definition) is 3. The lowest BCUT2D eigenvalue weighted by atomic mass is 10.0. The SMILES string of the molecule is Cc1ccc(O)cc1-c1cc2cc(NC(=O)C3CC3c3cnn(C)c3)ncc2c(N)n1. The summed E-state index contributed by atoms with van der Waals surface area (Å²) in [7, 11) is 1.87. The van der Waals surface area contributed by atoms with Crippen LogP contribution in [0.15, 0.2) is 48.9 Å². The molecule has 0 aliphatic heterocycles. The summed E-state index contributed by atoms with van der Waals surface area (Å²) >= 11 is 0. The predicted molar refractivity (Wildman–Crippen MR) is 118 cm³/mol. The van der Waals surface area contributed by atoms with Crippen molar-refractivity contribution < 1.29 is 9.90 Å². The molecule has 1 amide bonds. The van der Waals surface area contributed by atoms with Crippen LogP contribution in [-0.4, -0.2) is 30.8 Å². The Morgan fingerprint density at radius 2 is 2.10 bits per heavy atom. The Kier molecular flexibility index (Phi) is 4.35. The second-order valence-corrected chi connectivity index (χ2v) is 8.07. The maximum absolute atomic E-state index is 12.7. The fraction of sp³-hybridized carbons (Fsp3) is 0.217. The predicted octanol–water partition coefficient (Wildman–Crippen LogP) is 3.37. The van der Waals surface area contributed by atoms with Gasteiger partial charge < -0.3 is 16.2 Å². The summed E-state index contributed by atoms with van der Waals surface area (Å²) in [6.45, 7) is 1.95. The highest BCUT2D eigenvalue weighted by atomic mass is 16.3. The van der Waals surface area contributed by atoms with E-state index in [9.17, 15) is 9.90 Å². The van der Waals surface area contributed by atoms with Gasteiger partial charge in [0.1, 0.15) is 17.4 Å². The number of amides is 1. The molecular weight excluding hydrogens is 392 g/mol. The van der Waals surface area contributed by atoms with Crippen LogP contribution < -0.4 is 11.1 Å². The molecule has 1 aliphatic rings. The molecule has 1 fully saturated rings. The van der Waals surface area contributed by atoms with Gasteiger partial charge in [0.15, 0.2) is 0 Å². The molecule has 8 heteroatoms. The number of rotatable bonds is 4. The molecule has 156 valence electrons. The van der Waals surface area contributed by atoms with Gasteiger partial charge in [-0.3, -0.25) is 9.48 Å². The van der Waals surface area contributed by atoms with Crippen molar-refractivity contribution in [1.29, 1.82) is 0 Å². The van der Waals surface area contributed by atoms with E-state index >= 15 is 0 Å². The van der Waals surface area contributed by atoms with Crippen LogP contribution >= 0.6 is 0 Å². The number of nitrogen functional groups attached to an aromatic ring is 1. The highest BCUT2D eigenvalue weighted by Crippen LogP contribution is 2.47. The molecule has 2 unspecified atom stereocenters. The van der Waals surface area contributed by atoms with E-state index in [4.69, 9.17) is 5.73 Å². The fourth-order valence-corrected chi connectivity index (χ4v) is 3.97. The summed E-state index contributed by atoms with van der Waals surface area (Å²) < 4.78 is 1.75. The number of carbonyl (C=O) groups excluding carboxylic acids is 1. The van der Waals surface area contributed by atoms with E-state index in [2.05, 4.69) is 20.4 Å². The molecule has 3 heterocycles. The smallest absolute Gasteiger partial charge is 0.229 e. The van der Waals surface area contributed by atoms with Gasteiger partial charge in [-0.05, 0) is 60.0 Å². The summed E-state index contributed by atoms with van der Waals surface area (Å²) in [6, 6.07) is 8.82. The monoisotopic (exact) mass is 414 g/mol. The van der Waals surface area contributed by atoms with Gasteiger partial charge in [0.05, 0.1) is 11.9 Å². The van der Waals surface area contributed by atoms with E-state index < -0.39 is 0 Å². The third-order valence-corrected chi connectivity index (χ3v) is 5.77. The maximum atomic E-state index is 12.7. The molecule has 4 aromatic rings. The average Bonchev–Trinajstić information content (AvgIpc) is 3.43. The number of nitrogens with zero attached hydrogens (tertiary/aromatic N) is 4. The van der Waals surface area contributed by atoms with Crippen molar-refractivity contribution in [2.75, 3.05) is 11.1 Å².